The van der Waals surface area contributed by atoms with Gasteiger partial charge in [0.2, 0.25) is 0 Å². The Morgan fingerprint density at radius 3 is 2.80 bits per heavy atom. The quantitative estimate of drug-likeness (QED) is 0.889. The lowest BCUT2D eigenvalue weighted by Gasteiger charge is -2.31. The molecule has 134 valence electrons. The average molecular weight is 373 g/mol. The molecule has 0 amide bonds. The number of nitrogens with zero attached hydrogens (tertiary/aromatic N) is 3. The Kier molecular flexibility index (Phi) is 4.02. The number of aliphatic imine (C=N–C) groups is 1. The van der Waals surface area contributed by atoms with Crippen molar-refractivity contribution in [1.82, 2.24) is 15.1 Å². The normalized spacial score (nSPS) is 21.1. The minimum Gasteiger partial charge on any atom is -0.403 e. The number of hydrogen-bond donors (Lipinski definition) is 1. The highest BCUT2D eigenvalue weighted by atomic mass is 35.5. The number of nitrogens with one attached hydrogen (secondary N) is 1. The summed E-state index contributed by atoms with van der Waals surface area (Å²) in [5.41, 5.74) is 0.210. The van der Waals surface area contributed by atoms with E-state index < -0.39 is 6.36 Å². The molecule has 0 saturated heterocycles. The maximum atomic E-state index is 12.7. The van der Waals surface area contributed by atoms with Crippen molar-refractivity contribution >= 4 is 28.3 Å². The summed E-state index contributed by atoms with van der Waals surface area (Å²) in [6.45, 7) is 0.920. The van der Waals surface area contributed by atoms with E-state index in [-0.39, 0.29) is 23.0 Å². The summed E-state index contributed by atoms with van der Waals surface area (Å²) in [6, 6.07) is 4.64. The number of amidine groups is 1. The number of fused-ring (bicyclic) bond motifs is 1. The zero-order valence-electron chi connectivity index (χ0n) is 13.2. The van der Waals surface area contributed by atoms with Crippen LogP contribution < -0.4 is 10.1 Å². The number of rotatable bonds is 4. The van der Waals surface area contributed by atoms with Crippen LogP contribution in [0.15, 0.2) is 23.2 Å². The fourth-order valence-corrected chi connectivity index (χ4v) is 3.59. The predicted molar refractivity (Wildman–Crippen MR) is 88.0 cm³/mol. The highest BCUT2D eigenvalue weighted by Crippen LogP contribution is 2.34. The summed E-state index contributed by atoms with van der Waals surface area (Å²) >= 11 is 6.09. The Balaban J connectivity index is 1.61. The molecular weight excluding hydrogens is 357 g/mol. The Hall–Kier alpha value is -1.96. The molecule has 2 heterocycles. The van der Waals surface area contributed by atoms with E-state index in [1.807, 2.05) is 0 Å². The second-order valence-corrected chi connectivity index (χ2v) is 6.74. The molecule has 1 N–H and O–H groups in total. The summed E-state index contributed by atoms with van der Waals surface area (Å²) in [6.07, 6.45) is -1.15. The van der Waals surface area contributed by atoms with Crippen LogP contribution in [0.3, 0.4) is 0 Å². The topological polar surface area (TPSA) is 51.4 Å². The van der Waals surface area contributed by atoms with Gasteiger partial charge in [-0.1, -0.05) is 24.1 Å². The third-order valence-corrected chi connectivity index (χ3v) is 5.04. The van der Waals surface area contributed by atoms with Crippen molar-refractivity contribution in [1.29, 1.82) is 0 Å². The van der Waals surface area contributed by atoms with E-state index in [0.717, 1.165) is 0 Å². The van der Waals surface area contributed by atoms with Crippen LogP contribution in [0.25, 0.3) is 10.9 Å². The highest BCUT2D eigenvalue weighted by Gasteiger charge is 2.33. The molecule has 2 aliphatic rings. The van der Waals surface area contributed by atoms with E-state index in [9.17, 15) is 13.2 Å². The highest BCUT2D eigenvalue weighted by molar-refractivity contribution is 6.34. The Morgan fingerprint density at radius 2 is 2.12 bits per heavy atom. The summed E-state index contributed by atoms with van der Waals surface area (Å²) in [4.78, 5) is 4.47. The molecule has 1 unspecified atom stereocenters. The van der Waals surface area contributed by atoms with Gasteiger partial charge in [0, 0.05) is 11.4 Å². The fourth-order valence-electron chi connectivity index (χ4n) is 3.35. The van der Waals surface area contributed by atoms with Crippen molar-refractivity contribution in [2.45, 2.75) is 38.2 Å². The molecule has 0 spiro atoms. The van der Waals surface area contributed by atoms with Gasteiger partial charge < -0.3 is 10.1 Å². The Bertz CT molecular complexity index is 829. The number of para-hydroxylation sites is 1. The van der Waals surface area contributed by atoms with Crippen LogP contribution in [0.5, 0.6) is 5.75 Å². The first-order valence-electron chi connectivity index (χ1n) is 8.11. The molecule has 25 heavy (non-hydrogen) atoms. The standard InChI is InChI=1S/C16H16ClF3N4O/c17-15-10-5-2-6-12(25-16(18,19)20)14(10)24(23-15)8-13-21-7-11(22-13)9-3-1-4-9/h2,5-6,9,11H,1,3-4,7-8H2,(H,21,22). The third-order valence-electron chi connectivity index (χ3n) is 4.76. The zero-order chi connectivity index (χ0) is 17.6. The van der Waals surface area contributed by atoms with Crippen LogP contribution in [0.4, 0.5) is 13.2 Å². The van der Waals surface area contributed by atoms with Crippen LogP contribution in [0.1, 0.15) is 19.3 Å². The van der Waals surface area contributed by atoms with E-state index >= 15 is 0 Å². The van der Waals surface area contributed by atoms with Gasteiger partial charge in [-0.05, 0) is 30.9 Å². The minimum absolute atomic E-state index is 0.136. The van der Waals surface area contributed by atoms with Gasteiger partial charge in [0.05, 0.1) is 13.1 Å². The van der Waals surface area contributed by atoms with Gasteiger partial charge in [-0.15, -0.1) is 13.2 Å². The van der Waals surface area contributed by atoms with Gasteiger partial charge >= 0.3 is 6.36 Å². The van der Waals surface area contributed by atoms with E-state index in [1.54, 1.807) is 6.07 Å². The largest absolute Gasteiger partial charge is 0.573 e. The summed E-state index contributed by atoms with van der Waals surface area (Å²) in [5, 5.41) is 8.08. The van der Waals surface area contributed by atoms with E-state index in [0.29, 0.717) is 29.7 Å². The first kappa shape index (κ1) is 16.5. The molecule has 5 nitrogen and oxygen atoms in total. The van der Waals surface area contributed by atoms with E-state index in [1.165, 1.54) is 36.1 Å². The van der Waals surface area contributed by atoms with Gasteiger partial charge in [0.25, 0.3) is 0 Å². The van der Waals surface area contributed by atoms with Gasteiger partial charge in [-0.25, -0.2) is 0 Å². The summed E-state index contributed by atoms with van der Waals surface area (Å²) < 4.78 is 43.6. The third kappa shape index (κ3) is 3.27. The Labute approximate surface area is 146 Å². The van der Waals surface area contributed by atoms with Crippen molar-refractivity contribution in [3.63, 3.8) is 0 Å². The van der Waals surface area contributed by atoms with Gasteiger partial charge in [-0.2, -0.15) is 5.10 Å². The number of benzene rings is 1. The van der Waals surface area contributed by atoms with Gasteiger partial charge in [0.15, 0.2) is 10.9 Å². The molecule has 9 heteroatoms. The predicted octanol–water partition coefficient (Wildman–Crippen LogP) is 3.76. The van der Waals surface area contributed by atoms with Crippen molar-refractivity contribution in [2.24, 2.45) is 10.9 Å². The number of ether oxygens (including phenoxy) is 1. The molecular formula is C16H16ClF3N4O. The van der Waals surface area contributed by atoms with Crippen molar-refractivity contribution in [3.05, 3.63) is 23.4 Å². The van der Waals surface area contributed by atoms with Crippen LogP contribution in [-0.4, -0.2) is 34.6 Å². The lowest BCUT2D eigenvalue weighted by atomic mass is 9.80. The molecule has 1 fully saturated rings. The van der Waals surface area contributed by atoms with Crippen LogP contribution in [-0.2, 0) is 6.54 Å². The van der Waals surface area contributed by atoms with E-state index in [2.05, 4.69) is 20.1 Å². The molecule has 1 aliphatic carbocycles. The van der Waals surface area contributed by atoms with Crippen LogP contribution in [0.2, 0.25) is 5.15 Å². The fraction of sp³-hybridized carbons (Fsp3) is 0.500. The first-order valence-corrected chi connectivity index (χ1v) is 8.49. The maximum Gasteiger partial charge on any atom is 0.573 e. The lowest BCUT2D eigenvalue weighted by molar-refractivity contribution is -0.274. The van der Waals surface area contributed by atoms with E-state index in [4.69, 9.17) is 11.6 Å². The number of halogens is 4. The molecule has 1 saturated carbocycles. The molecule has 2 aromatic rings. The second kappa shape index (κ2) is 6.09. The average Bonchev–Trinajstić information content (AvgIpc) is 3.03. The smallest absolute Gasteiger partial charge is 0.403 e. The molecule has 1 aromatic heterocycles. The molecule has 4 rings (SSSR count). The molecule has 1 aromatic carbocycles. The van der Waals surface area contributed by atoms with Crippen molar-refractivity contribution < 1.29 is 17.9 Å². The molecule has 1 atom stereocenters. The van der Waals surface area contributed by atoms with Crippen molar-refractivity contribution in [2.75, 3.05) is 6.54 Å². The lowest BCUT2D eigenvalue weighted by Crippen LogP contribution is -2.41. The zero-order valence-corrected chi connectivity index (χ0v) is 13.9. The summed E-state index contributed by atoms with van der Waals surface area (Å²) in [5.74, 6) is 1.02. The number of aromatic nitrogens is 2. The van der Waals surface area contributed by atoms with Gasteiger partial charge in [-0.3, -0.25) is 9.67 Å². The van der Waals surface area contributed by atoms with Gasteiger partial charge in [0.1, 0.15) is 11.4 Å². The SMILES string of the molecule is FC(F)(F)Oc1cccc2c(Cl)nn(CC3=NCC(C4CCC4)N3)c12. The van der Waals surface area contributed by atoms with Crippen LogP contribution >= 0.6 is 11.6 Å². The van der Waals surface area contributed by atoms with Crippen LogP contribution in [0, 0.1) is 5.92 Å². The van der Waals surface area contributed by atoms with Crippen molar-refractivity contribution in [3.8, 4) is 5.75 Å². The number of alkyl halides is 3. The molecule has 0 bridgehead atoms. The molecule has 0 radical (unpaired) electrons. The first-order chi connectivity index (χ1) is 11.9. The molecule has 1 aliphatic heterocycles. The number of hydrogen-bond acceptors (Lipinski definition) is 4. The second-order valence-electron chi connectivity index (χ2n) is 6.38. The minimum atomic E-state index is -4.78. The Morgan fingerprint density at radius 1 is 1.32 bits per heavy atom. The monoisotopic (exact) mass is 372 g/mol. The summed E-state index contributed by atoms with van der Waals surface area (Å²) in [7, 11) is 0. The maximum absolute atomic E-state index is 12.7.